The molecular formula is C15H14N2O5S. The Hall–Kier alpha value is -2.48. The first-order valence-corrected chi connectivity index (χ1v) is 7.97. The number of carbonyl (C=O) groups is 2. The van der Waals surface area contributed by atoms with Gasteiger partial charge in [-0.25, -0.2) is 4.79 Å². The van der Waals surface area contributed by atoms with Gasteiger partial charge in [-0.15, -0.1) is 0 Å². The molecule has 0 N–H and O–H groups in total. The van der Waals surface area contributed by atoms with Crippen LogP contribution in [0.5, 0.6) is 0 Å². The number of thioether (sulfide) groups is 1. The number of rotatable bonds is 5. The number of hydrogen-bond acceptors (Lipinski definition) is 7. The second kappa shape index (κ2) is 6.74. The molecule has 0 bridgehead atoms. The number of hydrogen-bond donors (Lipinski definition) is 0. The molecule has 0 aromatic carbocycles. The van der Waals surface area contributed by atoms with Crippen molar-refractivity contribution >= 4 is 23.6 Å². The molecule has 120 valence electrons. The first-order valence-electron chi connectivity index (χ1n) is 6.98. The van der Waals surface area contributed by atoms with Crippen molar-refractivity contribution in [3.63, 3.8) is 0 Å². The van der Waals surface area contributed by atoms with Crippen LogP contribution >= 0.6 is 11.8 Å². The van der Waals surface area contributed by atoms with E-state index in [0.717, 1.165) is 0 Å². The number of furan rings is 1. The monoisotopic (exact) mass is 334 g/mol. The smallest absolute Gasteiger partial charge is 0.333 e. The van der Waals surface area contributed by atoms with E-state index in [1.54, 1.807) is 31.4 Å². The lowest BCUT2D eigenvalue weighted by Crippen LogP contribution is -2.24. The van der Waals surface area contributed by atoms with Crippen molar-refractivity contribution in [3.05, 3.63) is 41.3 Å². The highest BCUT2D eigenvalue weighted by molar-refractivity contribution is 8.04. The second-order valence-corrected chi connectivity index (χ2v) is 5.66. The molecule has 7 nitrogen and oxygen atoms in total. The van der Waals surface area contributed by atoms with Crippen molar-refractivity contribution < 1.29 is 23.3 Å². The van der Waals surface area contributed by atoms with Crippen LogP contribution in [0.25, 0.3) is 11.5 Å². The SMILES string of the molecule is CCOC(=O)/C=C1\SCC(=O)N1Cc1cc(-c2ccco2)on1. The van der Waals surface area contributed by atoms with Crippen LogP contribution in [0.3, 0.4) is 0 Å². The highest BCUT2D eigenvalue weighted by atomic mass is 32.2. The molecule has 0 atom stereocenters. The van der Waals surface area contributed by atoms with E-state index < -0.39 is 5.97 Å². The standard InChI is InChI=1S/C15H14N2O5S/c1-2-20-15(19)7-14-17(13(18)9-23-14)8-10-6-12(22-16-10)11-4-3-5-21-11/h3-7H,2,8-9H2,1H3/b14-7-. The quantitative estimate of drug-likeness (QED) is 0.613. The average Bonchev–Trinajstić information content (AvgIpc) is 3.24. The first-order chi connectivity index (χ1) is 11.2. The summed E-state index contributed by atoms with van der Waals surface area (Å²) in [6, 6.07) is 5.21. The number of amides is 1. The minimum absolute atomic E-state index is 0.0897. The number of nitrogens with zero attached hydrogens (tertiary/aromatic N) is 2. The van der Waals surface area contributed by atoms with Crippen LogP contribution < -0.4 is 0 Å². The molecule has 2 aromatic rings. The number of esters is 1. The minimum Gasteiger partial charge on any atom is -0.463 e. The van der Waals surface area contributed by atoms with Crippen molar-refractivity contribution in [1.82, 2.24) is 10.1 Å². The van der Waals surface area contributed by atoms with Gasteiger partial charge in [0.05, 0.1) is 36.3 Å². The predicted molar refractivity (Wildman–Crippen MR) is 81.9 cm³/mol. The van der Waals surface area contributed by atoms with E-state index in [0.29, 0.717) is 22.2 Å². The van der Waals surface area contributed by atoms with Crippen LogP contribution in [0.4, 0.5) is 0 Å². The largest absolute Gasteiger partial charge is 0.463 e. The Bertz CT molecular complexity index is 735. The molecule has 1 aliphatic heterocycles. The van der Waals surface area contributed by atoms with Crippen molar-refractivity contribution in [1.29, 1.82) is 0 Å². The fourth-order valence-corrected chi connectivity index (χ4v) is 3.00. The highest BCUT2D eigenvalue weighted by Gasteiger charge is 2.28. The third kappa shape index (κ3) is 3.48. The maximum atomic E-state index is 12.0. The van der Waals surface area contributed by atoms with Gasteiger partial charge in [0.1, 0.15) is 5.69 Å². The van der Waals surface area contributed by atoms with Gasteiger partial charge in [-0.2, -0.15) is 0 Å². The number of ether oxygens (including phenoxy) is 1. The summed E-state index contributed by atoms with van der Waals surface area (Å²) in [5.41, 5.74) is 0.571. The lowest BCUT2D eigenvalue weighted by molar-refractivity contribution is -0.137. The Labute approximate surface area is 136 Å². The zero-order chi connectivity index (χ0) is 16.2. The van der Waals surface area contributed by atoms with Gasteiger partial charge in [-0.1, -0.05) is 16.9 Å². The Morgan fingerprint density at radius 1 is 1.52 bits per heavy atom. The van der Waals surface area contributed by atoms with Gasteiger partial charge < -0.3 is 13.7 Å². The third-order valence-corrected chi connectivity index (χ3v) is 4.11. The Balaban J connectivity index is 1.75. The summed E-state index contributed by atoms with van der Waals surface area (Å²) in [7, 11) is 0. The molecule has 3 rings (SSSR count). The average molecular weight is 334 g/mol. The van der Waals surface area contributed by atoms with Crippen LogP contribution in [0.1, 0.15) is 12.6 Å². The van der Waals surface area contributed by atoms with Gasteiger partial charge in [-0.3, -0.25) is 9.69 Å². The summed E-state index contributed by atoms with van der Waals surface area (Å²) in [6.45, 7) is 2.24. The molecule has 8 heteroatoms. The highest BCUT2D eigenvalue weighted by Crippen LogP contribution is 2.31. The third-order valence-electron chi connectivity index (χ3n) is 3.08. The van der Waals surface area contributed by atoms with Gasteiger partial charge in [-0.05, 0) is 19.1 Å². The van der Waals surface area contributed by atoms with E-state index in [1.807, 2.05) is 0 Å². The Kier molecular flexibility index (Phi) is 4.52. The van der Waals surface area contributed by atoms with Gasteiger partial charge in [0.25, 0.3) is 0 Å². The zero-order valence-electron chi connectivity index (χ0n) is 12.4. The van der Waals surface area contributed by atoms with Gasteiger partial charge in [0.15, 0.2) is 5.76 Å². The minimum atomic E-state index is -0.467. The van der Waals surface area contributed by atoms with E-state index in [4.69, 9.17) is 13.7 Å². The van der Waals surface area contributed by atoms with E-state index in [-0.39, 0.29) is 24.8 Å². The molecule has 1 saturated heterocycles. The molecule has 0 spiro atoms. The fraction of sp³-hybridized carbons (Fsp3) is 0.267. The summed E-state index contributed by atoms with van der Waals surface area (Å²) in [4.78, 5) is 25.1. The second-order valence-electron chi connectivity index (χ2n) is 4.66. The molecule has 0 unspecified atom stereocenters. The molecule has 1 aliphatic rings. The molecule has 1 amide bonds. The van der Waals surface area contributed by atoms with E-state index in [1.165, 1.54) is 22.7 Å². The molecule has 0 saturated carbocycles. The van der Waals surface area contributed by atoms with Gasteiger partial charge in [0, 0.05) is 6.07 Å². The Morgan fingerprint density at radius 2 is 2.39 bits per heavy atom. The maximum Gasteiger partial charge on any atom is 0.333 e. The lowest BCUT2D eigenvalue weighted by Gasteiger charge is -2.14. The molecule has 23 heavy (non-hydrogen) atoms. The first kappa shape index (κ1) is 15.4. The van der Waals surface area contributed by atoms with Crippen LogP contribution in [-0.2, 0) is 20.9 Å². The van der Waals surface area contributed by atoms with Crippen molar-refractivity contribution in [2.75, 3.05) is 12.4 Å². The van der Waals surface area contributed by atoms with E-state index >= 15 is 0 Å². The van der Waals surface area contributed by atoms with Gasteiger partial charge in [0.2, 0.25) is 11.7 Å². The number of carbonyl (C=O) groups excluding carboxylic acids is 2. The summed E-state index contributed by atoms with van der Waals surface area (Å²) >= 11 is 1.30. The van der Waals surface area contributed by atoms with Gasteiger partial charge >= 0.3 is 5.97 Å². The van der Waals surface area contributed by atoms with Crippen molar-refractivity contribution in [2.24, 2.45) is 0 Å². The summed E-state index contributed by atoms with van der Waals surface area (Å²) < 4.78 is 15.3. The normalized spacial score (nSPS) is 16.3. The van der Waals surface area contributed by atoms with Crippen LogP contribution in [0.2, 0.25) is 0 Å². The maximum absolute atomic E-state index is 12.0. The fourth-order valence-electron chi connectivity index (χ4n) is 2.07. The Morgan fingerprint density at radius 3 is 3.13 bits per heavy atom. The summed E-state index contributed by atoms with van der Waals surface area (Å²) in [6.07, 6.45) is 2.87. The molecule has 0 radical (unpaired) electrons. The molecule has 0 aliphatic carbocycles. The van der Waals surface area contributed by atoms with Crippen LogP contribution in [0.15, 0.2) is 44.5 Å². The summed E-state index contributed by atoms with van der Waals surface area (Å²) in [5, 5.41) is 4.49. The molecule has 2 aromatic heterocycles. The van der Waals surface area contributed by atoms with E-state index in [2.05, 4.69) is 5.16 Å². The lowest BCUT2D eigenvalue weighted by atomic mass is 10.3. The molecule has 3 heterocycles. The van der Waals surface area contributed by atoms with Crippen LogP contribution in [0, 0.1) is 0 Å². The zero-order valence-corrected chi connectivity index (χ0v) is 13.2. The molecule has 1 fully saturated rings. The number of aromatic nitrogens is 1. The van der Waals surface area contributed by atoms with E-state index in [9.17, 15) is 9.59 Å². The topological polar surface area (TPSA) is 85.8 Å². The summed E-state index contributed by atoms with van der Waals surface area (Å²) in [5.74, 6) is 0.779. The van der Waals surface area contributed by atoms with Crippen LogP contribution in [-0.4, -0.2) is 34.3 Å². The van der Waals surface area contributed by atoms with Crippen molar-refractivity contribution in [2.45, 2.75) is 13.5 Å². The van der Waals surface area contributed by atoms with Crippen molar-refractivity contribution in [3.8, 4) is 11.5 Å². The molecular weight excluding hydrogens is 320 g/mol. The predicted octanol–water partition coefficient (Wildman–Crippen LogP) is 2.41.